The third-order valence-corrected chi connectivity index (χ3v) is 2.67. The van der Waals surface area contributed by atoms with Crippen molar-refractivity contribution in [2.75, 3.05) is 25.6 Å². The number of hydrogen-bond donors (Lipinski definition) is 0. The third-order valence-electron chi connectivity index (χ3n) is 2.50. The Kier molecular flexibility index (Phi) is 5.52. The van der Waals surface area contributed by atoms with Gasteiger partial charge in [-0.3, -0.25) is 4.79 Å². The predicted octanol–water partition coefficient (Wildman–Crippen LogP) is 2.19. The van der Waals surface area contributed by atoms with Crippen LogP contribution >= 0.6 is 11.6 Å². The van der Waals surface area contributed by atoms with Crippen LogP contribution in [-0.4, -0.2) is 48.7 Å². The molecule has 0 aromatic carbocycles. The number of carbonyl (C=O) groups excluding carboxylic acids is 1. The van der Waals surface area contributed by atoms with Gasteiger partial charge in [-0.1, -0.05) is 0 Å². The van der Waals surface area contributed by atoms with Crippen molar-refractivity contribution in [1.29, 1.82) is 0 Å². The van der Waals surface area contributed by atoms with Gasteiger partial charge < -0.3 is 9.64 Å². The lowest BCUT2D eigenvalue weighted by molar-refractivity contribution is -0.161. The highest BCUT2D eigenvalue weighted by atomic mass is 35.5. The first-order chi connectivity index (χ1) is 7.92. The number of nitrogens with zero attached hydrogens (tertiary/aromatic N) is 1. The van der Waals surface area contributed by atoms with Crippen LogP contribution in [-0.2, 0) is 9.53 Å². The number of rotatable bonds is 5. The molecule has 0 bridgehead atoms. The molecule has 0 radical (unpaired) electrons. The van der Waals surface area contributed by atoms with Crippen molar-refractivity contribution in [3.8, 4) is 0 Å². The average Bonchev–Trinajstić information content (AvgIpc) is 2.67. The predicted molar refractivity (Wildman–Crippen MR) is 56.9 cm³/mol. The standard InChI is InChI=1S/C10H15ClF3NO2/c11-3-4-15(7-10(12,13)14)9(16)6-8-2-1-5-17-8/h8H,1-7H2. The number of ether oxygens (including phenoxy) is 1. The van der Waals surface area contributed by atoms with E-state index in [1.807, 2.05) is 0 Å². The summed E-state index contributed by atoms with van der Waals surface area (Å²) in [4.78, 5) is 12.4. The van der Waals surface area contributed by atoms with Gasteiger partial charge in [-0.05, 0) is 12.8 Å². The number of amides is 1. The summed E-state index contributed by atoms with van der Waals surface area (Å²) >= 11 is 5.39. The Morgan fingerprint density at radius 2 is 2.18 bits per heavy atom. The molecule has 0 aliphatic carbocycles. The molecule has 1 aliphatic rings. The molecule has 1 aliphatic heterocycles. The topological polar surface area (TPSA) is 29.5 Å². The molecule has 0 spiro atoms. The van der Waals surface area contributed by atoms with Crippen molar-refractivity contribution >= 4 is 17.5 Å². The highest BCUT2D eigenvalue weighted by Gasteiger charge is 2.33. The maximum Gasteiger partial charge on any atom is 0.406 e. The Morgan fingerprint density at radius 3 is 2.65 bits per heavy atom. The fourth-order valence-electron chi connectivity index (χ4n) is 1.74. The second kappa shape index (κ2) is 6.44. The fraction of sp³-hybridized carbons (Fsp3) is 0.900. The lowest BCUT2D eigenvalue weighted by Gasteiger charge is -2.24. The van der Waals surface area contributed by atoms with E-state index >= 15 is 0 Å². The highest BCUT2D eigenvalue weighted by molar-refractivity contribution is 6.18. The molecule has 3 nitrogen and oxygen atoms in total. The minimum absolute atomic E-state index is 0.00660. The zero-order valence-electron chi connectivity index (χ0n) is 9.30. The summed E-state index contributed by atoms with van der Waals surface area (Å²) in [6, 6.07) is 0. The maximum atomic E-state index is 12.2. The Labute approximate surface area is 103 Å². The van der Waals surface area contributed by atoms with Crippen molar-refractivity contribution in [2.45, 2.75) is 31.5 Å². The lowest BCUT2D eigenvalue weighted by Crippen LogP contribution is -2.41. The fourth-order valence-corrected chi connectivity index (χ4v) is 1.94. The summed E-state index contributed by atoms with van der Waals surface area (Å²) in [6.07, 6.45) is -3.04. The van der Waals surface area contributed by atoms with Crippen LogP contribution in [0, 0.1) is 0 Å². The second-order valence-electron chi connectivity index (χ2n) is 3.96. The minimum Gasteiger partial charge on any atom is -0.378 e. The summed E-state index contributed by atoms with van der Waals surface area (Å²) in [5.74, 6) is -0.553. The quantitative estimate of drug-likeness (QED) is 0.719. The molecule has 1 heterocycles. The first-order valence-corrected chi connectivity index (χ1v) is 5.98. The van der Waals surface area contributed by atoms with Crippen LogP contribution in [0.1, 0.15) is 19.3 Å². The van der Waals surface area contributed by atoms with E-state index in [1.54, 1.807) is 0 Å². The molecule has 1 unspecified atom stereocenters. The zero-order valence-corrected chi connectivity index (χ0v) is 10.1. The smallest absolute Gasteiger partial charge is 0.378 e. The van der Waals surface area contributed by atoms with E-state index < -0.39 is 18.6 Å². The maximum absolute atomic E-state index is 12.2. The van der Waals surface area contributed by atoms with Crippen LogP contribution in [0.5, 0.6) is 0 Å². The third kappa shape index (κ3) is 5.59. The Bertz CT molecular complexity index is 254. The molecule has 100 valence electrons. The van der Waals surface area contributed by atoms with Gasteiger partial charge in [0, 0.05) is 19.0 Å². The van der Waals surface area contributed by atoms with Crippen LogP contribution in [0.25, 0.3) is 0 Å². The molecule has 1 rings (SSSR count). The second-order valence-corrected chi connectivity index (χ2v) is 4.34. The molecule has 0 aromatic rings. The van der Waals surface area contributed by atoms with Gasteiger partial charge in [-0.2, -0.15) is 13.2 Å². The molecule has 1 amide bonds. The lowest BCUT2D eigenvalue weighted by atomic mass is 10.1. The SMILES string of the molecule is O=C(CC1CCCO1)N(CCCl)CC(F)(F)F. The molecule has 0 aromatic heterocycles. The largest absolute Gasteiger partial charge is 0.406 e. The monoisotopic (exact) mass is 273 g/mol. The van der Waals surface area contributed by atoms with E-state index in [1.165, 1.54) is 0 Å². The van der Waals surface area contributed by atoms with Gasteiger partial charge in [-0.25, -0.2) is 0 Å². The van der Waals surface area contributed by atoms with Gasteiger partial charge >= 0.3 is 6.18 Å². The van der Waals surface area contributed by atoms with Gasteiger partial charge in [0.05, 0.1) is 12.5 Å². The van der Waals surface area contributed by atoms with Crippen LogP contribution in [0.3, 0.4) is 0 Å². The molecule has 17 heavy (non-hydrogen) atoms. The van der Waals surface area contributed by atoms with Gasteiger partial charge in [-0.15, -0.1) is 11.6 Å². The number of hydrogen-bond acceptors (Lipinski definition) is 2. The minimum atomic E-state index is -4.39. The normalized spacial score (nSPS) is 20.6. The van der Waals surface area contributed by atoms with Crippen molar-refractivity contribution in [3.63, 3.8) is 0 Å². The molecule has 1 atom stereocenters. The van der Waals surface area contributed by atoms with E-state index in [2.05, 4.69) is 0 Å². The molecule has 1 fully saturated rings. The summed E-state index contributed by atoms with van der Waals surface area (Å²) in [7, 11) is 0. The Hall–Kier alpha value is -0.490. The van der Waals surface area contributed by atoms with Crippen molar-refractivity contribution in [2.24, 2.45) is 0 Å². The highest BCUT2D eigenvalue weighted by Crippen LogP contribution is 2.20. The van der Waals surface area contributed by atoms with Gasteiger partial charge in [0.25, 0.3) is 0 Å². The van der Waals surface area contributed by atoms with Gasteiger partial charge in [0.15, 0.2) is 0 Å². The zero-order chi connectivity index (χ0) is 12.9. The number of carbonyl (C=O) groups is 1. The first-order valence-electron chi connectivity index (χ1n) is 5.44. The molecule has 1 saturated heterocycles. The summed E-state index contributed by atoms with van der Waals surface area (Å²) in [6.45, 7) is -0.759. The van der Waals surface area contributed by atoms with Crippen molar-refractivity contribution in [3.05, 3.63) is 0 Å². The van der Waals surface area contributed by atoms with E-state index in [-0.39, 0.29) is 24.9 Å². The van der Waals surface area contributed by atoms with Crippen molar-refractivity contribution in [1.82, 2.24) is 4.90 Å². The molecular weight excluding hydrogens is 259 g/mol. The van der Waals surface area contributed by atoms with E-state index in [0.717, 1.165) is 17.7 Å². The van der Waals surface area contributed by atoms with Crippen molar-refractivity contribution < 1.29 is 22.7 Å². The van der Waals surface area contributed by atoms with Gasteiger partial charge in [0.1, 0.15) is 6.54 Å². The molecule has 0 saturated carbocycles. The number of alkyl halides is 4. The van der Waals surface area contributed by atoms with E-state index in [9.17, 15) is 18.0 Å². The molecule has 7 heteroatoms. The van der Waals surface area contributed by atoms with E-state index in [0.29, 0.717) is 6.61 Å². The summed E-state index contributed by atoms with van der Waals surface area (Å²) in [5, 5.41) is 0. The van der Waals surface area contributed by atoms with Gasteiger partial charge in [0.2, 0.25) is 5.91 Å². The van der Waals surface area contributed by atoms with Crippen LogP contribution in [0.2, 0.25) is 0 Å². The summed E-state index contributed by atoms with van der Waals surface area (Å²) in [5.41, 5.74) is 0. The van der Waals surface area contributed by atoms with E-state index in [4.69, 9.17) is 16.3 Å². The first kappa shape index (κ1) is 14.6. The average molecular weight is 274 g/mol. The Balaban J connectivity index is 2.47. The van der Waals surface area contributed by atoms with Crippen LogP contribution < -0.4 is 0 Å². The molecule has 0 N–H and O–H groups in total. The number of halogens is 4. The summed E-state index contributed by atoms with van der Waals surface area (Å²) < 4.78 is 41.9. The Morgan fingerprint density at radius 1 is 1.47 bits per heavy atom. The van der Waals surface area contributed by atoms with Crippen LogP contribution in [0.15, 0.2) is 0 Å². The molecular formula is C10H15ClF3NO2. The van der Waals surface area contributed by atoms with Crippen LogP contribution in [0.4, 0.5) is 13.2 Å².